The van der Waals surface area contributed by atoms with Crippen LogP contribution in [0.1, 0.15) is 23.1 Å². The number of amides is 1. The number of hydrogen-bond donors (Lipinski definition) is 1. The van der Waals surface area contributed by atoms with Crippen LogP contribution in [0.15, 0.2) is 54.6 Å². The lowest BCUT2D eigenvalue weighted by molar-refractivity contribution is -0.143. The summed E-state index contributed by atoms with van der Waals surface area (Å²) in [4.78, 5) is 26.1. The van der Waals surface area contributed by atoms with Crippen molar-refractivity contribution in [2.45, 2.75) is 12.0 Å². The molecule has 0 saturated carbocycles. The van der Waals surface area contributed by atoms with E-state index in [-0.39, 0.29) is 18.4 Å². The number of rotatable bonds is 5. The maximum absolute atomic E-state index is 13.1. The first kappa shape index (κ1) is 18.1. The molecule has 1 unspecified atom stereocenters. The molecule has 6 heteroatoms. The normalized spacial score (nSPS) is 20.8. The van der Waals surface area contributed by atoms with Gasteiger partial charge in [-0.25, -0.2) is 4.39 Å². The monoisotopic (exact) mass is 357 g/mol. The van der Waals surface area contributed by atoms with Crippen LogP contribution in [-0.2, 0) is 14.3 Å². The second-order valence-electron chi connectivity index (χ2n) is 6.37. The number of methoxy groups -OCH3 is 1. The van der Waals surface area contributed by atoms with Gasteiger partial charge in [-0.05, 0) is 23.3 Å². The van der Waals surface area contributed by atoms with Gasteiger partial charge in [-0.2, -0.15) is 0 Å². The van der Waals surface area contributed by atoms with Gasteiger partial charge in [0.1, 0.15) is 5.82 Å². The minimum absolute atomic E-state index is 0.120. The number of carbonyl (C=O) groups is 2. The van der Waals surface area contributed by atoms with Crippen molar-refractivity contribution < 1.29 is 23.8 Å². The molecule has 1 aliphatic heterocycles. The maximum Gasteiger partial charge on any atom is 0.308 e. The molecule has 0 aromatic heterocycles. The Morgan fingerprint density at radius 3 is 2.35 bits per heavy atom. The van der Waals surface area contributed by atoms with Gasteiger partial charge < -0.3 is 14.7 Å². The van der Waals surface area contributed by atoms with Crippen LogP contribution in [-0.4, -0.2) is 42.1 Å². The number of carbonyl (C=O) groups excluding carboxylic acids is 1. The predicted octanol–water partition coefficient (Wildman–Crippen LogP) is 2.84. The Balaban J connectivity index is 1.83. The first-order valence-electron chi connectivity index (χ1n) is 8.36. The minimum Gasteiger partial charge on any atom is -0.481 e. The van der Waals surface area contributed by atoms with Gasteiger partial charge in [0.2, 0.25) is 0 Å². The second kappa shape index (κ2) is 7.66. The molecule has 1 N–H and O–H groups in total. The zero-order valence-corrected chi connectivity index (χ0v) is 14.3. The highest BCUT2D eigenvalue weighted by Gasteiger charge is 2.42. The van der Waals surface area contributed by atoms with E-state index in [2.05, 4.69) is 0 Å². The predicted molar refractivity (Wildman–Crippen MR) is 93.0 cm³/mol. The highest BCUT2D eigenvalue weighted by atomic mass is 19.1. The molecule has 2 aromatic carbocycles. The van der Waals surface area contributed by atoms with Crippen molar-refractivity contribution in [2.24, 2.45) is 5.92 Å². The number of benzene rings is 2. The van der Waals surface area contributed by atoms with E-state index in [1.165, 1.54) is 36.3 Å². The van der Waals surface area contributed by atoms with E-state index in [9.17, 15) is 19.1 Å². The molecule has 0 aliphatic carbocycles. The van der Waals surface area contributed by atoms with Gasteiger partial charge in [0.05, 0.1) is 5.92 Å². The van der Waals surface area contributed by atoms with Crippen molar-refractivity contribution in [3.63, 3.8) is 0 Å². The number of carboxylic acid groups (broad SMARTS) is 1. The number of likely N-dealkylation sites (tertiary alicyclic amines) is 1. The highest BCUT2D eigenvalue weighted by molar-refractivity contribution is 5.84. The quantitative estimate of drug-likeness (QED) is 0.894. The number of ether oxygens (including phenoxy) is 1. The van der Waals surface area contributed by atoms with Crippen LogP contribution in [0.3, 0.4) is 0 Å². The summed E-state index contributed by atoms with van der Waals surface area (Å²) in [6.07, 6.45) is -0.889. The van der Waals surface area contributed by atoms with Crippen LogP contribution in [0.5, 0.6) is 0 Å². The van der Waals surface area contributed by atoms with E-state index in [0.717, 1.165) is 5.56 Å². The Hall–Kier alpha value is -2.73. The Morgan fingerprint density at radius 1 is 1.12 bits per heavy atom. The van der Waals surface area contributed by atoms with Crippen molar-refractivity contribution in [2.75, 3.05) is 20.2 Å². The van der Waals surface area contributed by atoms with Gasteiger partial charge in [-0.3, -0.25) is 9.59 Å². The largest absolute Gasteiger partial charge is 0.481 e. The van der Waals surface area contributed by atoms with Gasteiger partial charge in [0.15, 0.2) is 6.10 Å². The first-order valence-corrected chi connectivity index (χ1v) is 8.36. The summed E-state index contributed by atoms with van der Waals surface area (Å²) in [6, 6.07) is 14.9. The van der Waals surface area contributed by atoms with Gasteiger partial charge in [0.25, 0.3) is 5.91 Å². The fraction of sp³-hybridized carbons (Fsp3) is 0.300. The molecular formula is C20H20FNO4. The van der Waals surface area contributed by atoms with Crippen molar-refractivity contribution in [3.8, 4) is 0 Å². The lowest BCUT2D eigenvalue weighted by Gasteiger charge is -2.23. The number of aliphatic carboxylic acids is 1. The Morgan fingerprint density at radius 2 is 1.77 bits per heavy atom. The van der Waals surface area contributed by atoms with Crippen LogP contribution in [0, 0.1) is 11.7 Å². The van der Waals surface area contributed by atoms with Gasteiger partial charge in [-0.1, -0.05) is 42.5 Å². The number of carboxylic acids is 1. The fourth-order valence-corrected chi connectivity index (χ4v) is 3.45. The Kier molecular flexibility index (Phi) is 5.32. The molecule has 1 fully saturated rings. The van der Waals surface area contributed by atoms with E-state index in [1.807, 2.05) is 30.3 Å². The van der Waals surface area contributed by atoms with Crippen LogP contribution in [0.4, 0.5) is 4.39 Å². The lowest BCUT2D eigenvalue weighted by Crippen LogP contribution is -2.35. The SMILES string of the molecule is COC(C(=O)N1C[C@@H](C(=O)O)[C@H](c2ccccc2)C1)c1ccc(F)cc1. The second-order valence-corrected chi connectivity index (χ2v) is 6.37. The van der Waals surface area contributed by atoms with Crippen molar-refractivity contribution in [1.29, 1.82) is 0 Å². The summed E-state index contributed by atoms with van der Waals surface area (Å²) in [7, 11) is 1.41. The number of hydrogen-bond acceptors (Lipinski definition) is 3. The molecule has 3 atom stereocenters. The van der Waals surface area contributed by atoms with Gasteiger partial charge >= 0.3 is 5.97 Å². The van der Waals surface area contributed by atoms with Crippen LogP contribution < -0.4 is 0 Å². The average molecular weight is 357 g/mol. The third kappa shape index (κ3) is 3.60. The molecule has 1 amide bonds. The molecule has 0 bridgehead atoms. The van der Waals surface area contributed by atoms with E-state index in [1.54, 1.807) is 0 Å². The zero-order chi connectivity index (χ0) is 18.7. The summed E-state index contributed by atoms with van der Waals surface area (Å²) in [5.41, 5.74) is 1.43. The van der Waals surface area contributed by atoms with Gasteiger partial charge in [0, 0.05) is 26.1 Å². The number of nitrogens with zero attached hydrogens (tertiary/aromatic N) is 1. The maximum atomic E-state index is 13.1. The standard InChI is InChI=1S/C20H20FNO4/c1-26-18(14-7-9-15(21)10-8-14)19(23)22-11-16(17(12-22)20(24)25)13-5-3-2-4-6-13/h2-10,16-18H,11-12H2,1H3,(H,24,25)/t16-,17+,18?/m0/s1. The third-order valence-electron chi connectivity index (χ3n) is 4.81. The smallest absolute Gasteiger partial charge is 0.308 e. The molecule has 136 valence electrons. The minimum atomic E-state index is -0.926. The van der Waals surface area contributed by atoms with Crippen molar-refractivity contribution in [3.05, 3.63) is 71.5 Å². The van der Waals surface area contributed by atoms with Crippen LogP contribution in [0.25, 0.3) is 0 Å². The first-order chi connectivity index (χ1) is 12.5. The molecule has 5 nitrogen and oxygen atoms in total. The summed E-state index contributed by atoms with van der Waals surface area (Å²) < 4.78 is 18.5. The van der Waals surface area contributed by atoms with E-state index >= 15 is 0 Å². The van der Waals surface area contributed by atoms with Crippen LogP contribution in [0.2, 0.25) is 0 Å². The molecule has 3 rings (SSSR count). The lowest BCUT2D eigenvalue weighted by atomic mass is 9.89. The van der Waals surface area contributed by atoms with E-state index in [4.69, 9.17) is 4.74 Å². The zero-order valence-electron chi connectivity index (χ0n) is 14.3. The molecule has 2 aromatic rings. The van der Waals surface area contributed by atoms with Crippen molar-refractivity contribution >= 4 is 11.9 Å². The molecule has 1 saturated heterocycles. The highest BCUT2D eigenvalue weighted by Crippen LogP contribution is 2.34. The molecule has 26 heavy (non-hydrogen) atoms. The van der Waals surface area contributed by atoms with E-state index < -0.39 is 23.8 Å². The van der Waals surface area contributed by atoms with Gasteiger partial charge in [-0.15, -0.1) is 0 Å². The number of halogens is 1. The topological polar surface area (TPSA) is 66.8 Å². The Labute approximate surface area is 151 Å². The van der Waals surface area contributed by atoms with Crippen LogP contribution >= 0.6 is 0 Å². The molecule has 1 heterocycles. The third-order valence-corrected chi connectivity index (χ3v) is 4.81. The molecule has 0 radical (unpaired) electrons. The van der Waals surface area contributed by atoms with Crippen molar-refractivity contribution in [1.82, 2.24) is 4.90 Å². The van der Waals surface area contributed by atoms with E-state index in [0.29, 0.717) is 12.1 Å². The Bertz CT molecular complexity index is 778. The summed E-state index contributed by atoms with van der Waals surface area (Å²) in [5, 5.41) is 9.58. The summed E-state index contributed by atoms with van der Waals surface area (Å²) in [5.74, 6) is -2.59. The molecule has 0 spiro atoms. The fourth-order valence-electron chi connectivity index (χ4n) is 3.45. The average Bonchev–Trinajstić information content (AvgIpc) is 3.10. The summed E-state index contributed by atoms with van der Waals surface area (Å²) >= 11 is 0. The molecular weight excluding hydrogens is 337 g/mol. The summed E-state index contributed by atoms with van der Waals surface area (Å²) in [6.45, 7) is 0.426. The molecule has 1 aliphatic rings.